The third-order valence-electron chi connectivity index (χ3n) is 3.86. The minimum Gasteiger partial charge on any atom is -0.396 e. The van der Waals surface area contributed by atoms with E-state index in [1.165, 1.54) is 0 Å². The van der Waals surface area contributed by atoms with Gasteiger partial charge in [0.2, 0.25) is 5.91 Å². The summed E-state index contributed by atoms with van der Waals surface area (Å²) in [5.74, 6) is 0.0528. The van der Waals surface area contributed by atoms with Crippen LogP contribution in [0.4, 0.5) is 4.79 Å². The maximum absolute atomic E-state index is 12.2. The van der Waals surface area contributed by atoms with Crippen molar-refractivity contribution in [3.8, 4) is 0 Å². The molecule has 120 valence electrons. The smallest absolute Gasteiger partial charge is 0.315 e. The molecule has 22 heavy (non-hydrogen) atoms. The van der Waals surface area contributed by atoms with Crippen LogP contribution in [0.1, 0.15) is 31.4 Å². The quantitative estimate of drug-likeness (QED) is 0.687. The summed E-state index contributed by atoms with van der Waals surface area (Å²) in [6.07, 6.45) is 0.846. The summed E-state index contributed by atoms with van der Waals surface area (Å²) in [5.41, 5.74) is 1.09. The zero-order chi connectivity index (χ0) is 15.9. The van der Waals surface area contributed by atoms with Crippen molar-refractivity contribution in [3.05, 3.63) is 35.9 Å². The van der Waals surface area contributed by atoms with Crippen molar-refractivity contribution < 1.29 is 14.7 Å². The molecular formula is C16H23N3O3. The highest BCUT2D eigenvalue weighted by Gasteiger charge is 2.33. The van der Waals surface area contributed by atoms with Gasteiger partial charge in [-0.3, -0.25) is 4.79 Å². The molecule has 0 aliphatic carbocycles. The Bertz CT molecular complexity index is 507. The fourth-order valence-corrected chi connectivity index (χ4v) is 2.63. The molecule has 0 spiro atoms. The number of carbonyl (C=O) groups is 2. The number of carbonyl (C=O) groups excluding carboxylic acids is 2. The van der Waals surface area contributed by atoms with Crippen molar-refractivity contribution in [3.63, 3.8) is 0 Å². The lowest BCUT2D eigenvalue weighted by Crippen LogP contribution is -2.43. The third-order valence-corrected chi connectivity index (χ3v) is 3.86. The fourth-order valence-electron chi connectivity index (χ4n) is 2.63. The molecule has 1 heterocycles. The molecule has 1 aliphatic rings. The van der Waals surface area contributed by atoms with Gasteiger partial charge in [-0.15, -0.1) is 0 Å². The van der Waals surface area contributed by atoms with Crippen LogP contribution in [0, 0.1) is 0 Å². The number of aliphatic hydroxyl groups excluding tert-OH is 1. The van der Waals surface area contributed by atoms with Crippen LogP contribution in [0.15, 0.2) is 30.3 Å². The third kappa shape index (κ3) is 4.21. The second-order valence-electron chi connectivity index (χ2n) is 5.51. The minimum absolute atomic E-state index is 0.00190. The molecule has 0 saturated carbocycles. The first-order valence-electron chi connectivity index (χ1n) is 7.61. The summed E-state index contributed by atoms with van der Waals surface area (Å²) in [6, 6.07) is 9.39. The van der Waals surface area contributed by atoms with Crippen LogP contribution < -0.4 is 10.6 Å². The van der Waals surface area contributed by atoms with Gasteiger partial charge in [-0.25, -0.2) is 4.79 Å². The van der Waals surface area contributed by atoms with Crippen molar-refractivity contribution in [2.45, 2.75) is 31.8 Å². The highest BCUT2D eigenvalue weighted by atomic mass is 16.3. The van der Waals surface area contributed by atoms with Crippen LogP contribution in [0.3, 0.4) is 0 Å². The SMILES string of the molecule is CC(c1ccccc1)N1CC(NC(=O)NCCCO)CC1=O. The van der Waals surface area contributed by atoms with E-state index in [2.05, 4.69) is 10.6 Å². The van der Waals surface area contributed by atoms with E-state index in [-0.39, 0.29) is 30.6 Å². The monoisotopic (exact) mass is 305 g/mol. The van der Waals surface area contributed by atoms with Gasteiger partial charge < -0.3 is 20.6 Å². The zero-order valence-electron chi connectivity index (χ0n) is 12.8. The Morgan fingerprint density at radius 3 is 2.82 bits per heavy atom. The minimum atomic E-state index is -0.291. The number of nitrogens with zero attached hydrogens (tertiary/aromatic N) is 1. The van der Waals surface area contributed by atoms with Gasteiger partial charge in [-0.2, -0.15) is 0 Å². The van der Waals surface area contributed by atoms with E-state index < -0.39 is 0 Å². The van der Waals surface area contributed by atoms with Gasteiger partial charge in [0.1, 0.15) is 0 Å². The first-order valence-corrected chi connectivity index (χ1v) is 7.61. The van der Waals surface area contributed by atoms with Gasteiger partial charge in [-0.05, 0) is 18.9 Å². The van der Waals surface area contributed by atoms with Gasteiger partial charge >= 0.3 is 6.03 Å². The lowest BCUT2D eigenvalue weighted by Gasteiger charge is -2.25. The summed E-state index contributed by atoms with van der Waals surface area (Å²) < 4.78 is 0. The van der Waals surface area contributed by atoms with E-state index in [1.807, 2.05) is 37.3 Å². The van der Waals surface area contributed by atoms with Crippen LogP contribution in [-0.2, 0) is 4.79 Å². The molecule has 2 atom stereocenters. The molecule has 1 saturated heterocycles. The maximum Gasteiger partial charge on any atom is 0.315 e. The summed E-state index contributed by atoms with van der Waals surface area (Å²) in [5, 5.41) is 14.2. The van der Waals surface area contributed by atoms with E-state index in [4.69, 9.17) is 5.11 Å². The van der Waals surface area contributed by atoms with Crippen molar-refractivity contribution >= 4 is 11.9 Å². The van der Waals surface area contributed by atoms with Crippen LogP contribution in [0.25, 0.3) is 0 Å². The molecular weight excluding hydrogens is 282 g/mol. The largest absolute Gasteiger partial charge is 0.396 e. The van der Waals surface area contributed by atoms with Crippen molar-refractivity contribution in [1.82, 2.24) is 15.5 Å². The maximum atomic E-state index is 12.2. The molecule has 0 bridgehead atoms. The molecule has 0 aromatic heterocycles. The Morgan fingerprint density at radius 1 is 1.41 bits per heavy atom. The van der Waals surface area contributed by atoms with E-state index in [0.29, 0.717) is 25.9 Å². The second kappa shape index (κ2) is 7.79. The number of hydrogen-bond donors (Lipinski definition) is 3. The Kier molecular flexibility index (Phi) is 5.77. The Labute approximate surface area is 130 Å². The number of nitrogens with one attached hydrogen (secondary N) is 2. The Balaban J connectivity index is 1.87. The van der Waals surface area contributed by atoms with Gasteiger partial charge in [0.05, 0.1) is 12.1 Å². The average Bonchev–Trinajstić information content (AvgIpc) is 2.88. The standard InChI is InChI=1S/C16H23N3O3/c1-12(13-6-3-2-4-7-13)19-11-14(10-15(19)21)18-16(22)17-8-5-9-20/h2-4,6-7,12,14,20H,5,8-11H2,1H3,(H2,17,18,22). The molecule has 1 aromatic rings. The fraction of sp³-hybridized carbons (Fsp3) is 0.500. The van der Waals surface area contributed by atoms with Gasteiger partial charge in [-0.1, -0.05) is 30.3 Å². The Morgan fingerprint density at radius 2 is 2.14 bits per heavy atom. The van der Waals surface area contributed by atoms with E-state index in [1.54, 1.807) is 4.90 Å². The number of benzene rings is 1. The lowest BCUT2D eigenvalue weighted by molar-refractivity contribution is -0.129. The predicted molar refractivity (Wildman–Crippen MR) is 83.2 cm³/mol. The van der Waals surface area contributed by atoms with Crippen LogP contribution in [0.2, 0.25) is 0 Å². The first-order chi connectivity index (χ1) is 10.6. The molecule has 1 aromatic carbocycles. The number of aliphatic hydroxyl groups is 1. The van der Waals surface area contributed by atoms with Gasteiger partial charge in [0, 0.05) is 26.1 Å². The molecule has 6 heteroatoms. The second-order valence-corrected chi connectivity index (χ2v) is 5.51. The molecule has 2 rings (SSSR count). The Hall–Kier alpha value is -2.08. The zero-order valence-corrected chi connectivity index (χ0v) is 12.8. The van der Waals surface area contributed by atoms with Crippen LogP contribution in [0.5, 0.6) is 0 Å². The van der Waals surface area contributed by atoms with Gasteiger partial charge in [0.15, 0.2) is 0 Å². The number of amides is 3. The molecule has 1 fully saturated rings. The van der Waals surface area contributed by atoms with E-state index in [9.17, 15) is 9.59 Å². The molecule has 1 aliphatic heterocycles. The normalized spacial score (nSPS) is 19.1. The average molecular weight is 305 g/mol. The summed E-state index contributed by atoms with van der Waals surface area (Å²) >= 11 is 0. The van der Waals surface area contributed by atoms with E-state index in [0.717, 1.165) is 5.56 Å². The number of likely N-dealkylation sites (tertiary alicyclic amines) is 1. The lowest BCUT2D eigenvalue weighted by atomic mass is 10.1. The first kappa shape index (κ1) is 16.3. The number of rotatable bonds is 6. The molecule has 2 unspecified atom stereocenters. The highest BCUT2D eigenvalue weighted by molar-refractivity contribution is 5.82. The highest BCUT2D eigenvalue weighted by Crippen LogP contribution is 2.25. The predicted octanol–water partition coefficient (Wildman–Crippen LogP) is 1.03. The topological polar surface area (TPSA) is 81.7 Å². The van der Waals surface area contributed by atoms with Crippen molar-refractivity contribution in [1.29, 1.82) is 0 Å². The van der Waals surface area contributed by atoms with Gasteiger partial charge in [0.25, 0.3) is 0 Å². The van der Waals surface area contributed by atoms with Crippen LogP contribution >= 0.6 is 0 Å². The molecule has 0 radical (unpaired) electrons. The van der Waals surface area contributed by atoms with Crippen molar-refractivity contribution in [2.24, 2.45) is 0 Å². The molecule has 3 N–H and O–H groups in total. The van der Waals surface area contributed by atoms with E-state index >= 15 is 0 Å². The molecule has 6 nitrogen and oxygen atoms in total. The summed E-state index contributed by atoms with van der Waals surface area (Å²) in [6.45, 7) is 2.98. The number of hydrogen-bond acceptors (Lipinski definition) is 3. The van der Waals surface area contributed by atoms with Crippen LogP contribution in [-0.4, -0.2) is 47.7 Å². The number of urea groups is 1. The summed E-state index contributed by atoms with van der Waals surface area (Å²) in [7, 11) is 0. The van der Waals surface area contributed by atoms with Crippen molar-refractivity contribution in [2.75, 3.05) is 19.7 Å². The summed E-state index contributed by atoms with van der Waals surface area (Å²) in [4.78, 5) is 25.7. The molecule has 3 amide bonds.